The number of sulfonamides is 1. The standard InChI is InChI=1S/C15H13FN2O4S/c16-10-5-7-11(8-6-10)18-13(9-15(19)17-20)12-3-1-2-4-14(12)23(18,21)22/h1-8,13,20H,9H2,(H,17,19). The third kappa shape index (κ3) is 2.55. The van der Waals surface area contributed by atoms with Gasteiger partial charge < -0.3 is 0 Å². The van der Waals surface area contributed by atoms with E-state index in [1.807, 2.05) is 0 Å². The lowest BCUT2D eigenvalue weighted by Gasteiger charge is -2.25. The third-order valence-corrected chi connectivity index (χ3v) is 5.59. The van der Waals surface area contributed by atoms with Crippen molar-refractivity contribution in [3.05, 3.63) is 59.9 Å². The van der Waals surface area contributed by atoms with Crippen molar-refractivity contribution in [3.63, 3.8) is 0 Å². The summed E-state index contributed by atoms with van der Waals surface area (Å²) in [6.07, 6.45) is -0.260. The Bertz CT molecular complexity index is 852. The average molecular weight is 336 g/mol. The molecule has 8 heteroatoms. The van der Waals surface area contributed by atoms with Gasteiger partial charge in [-0.25, -0.2) is 18.3 Å². The lowest BCUT2D eigenvalue weighted by atomic mass is 10.0. The number of hydrogen-bond acceptors (Lipinski definition) is 4. The molecule has 0 bridgehead atoms. The maximum absolute atomic E-state index is 13.1. The number of carbonyl (C=O) groups is 1. The van der Waals surface area contributed by atoms with Crippen molar-refractivity contribution in [1.29, 1.82) is 0 Å². The SMILES string of the molecule is O=C(CC1c2ccccc2S(=O)(=O)N1c1ccc(F)cc1)NO. The van der Waals surface area contributed by atoms with E-state index in [1.165, 1.54) is 23.7 Å². The number of rotatable bonds is 3. The van der Waals surface area contributed by atoms with Gasteiger partial charge >= 0.3 is 0 Å². The smallest absolute Gasteiger partial charge is 0.265 e. The molecule has 2 N–H and O–H groups in total. The minimum absolute atomic E-state index is 0.0973. The minimum Gasteiger partial charge on any atom is -0.289 e. The van der Waals surface area contributed by atoms with Gasteiger partial charge in [-0.3, -0.25) is 14.3 Å². The first-order valence-corrected chi connectivity index (χ1v) is 8.21. The molecule has 0 saturated heterocycles. The summed E-state index contributed by atoms with van der Waals surface area (Å²) in [6, 6.07) is 10.5. The fourth-order valence-electron chi connectivity index (χ4n) is 2.71. The molecule has 0 radical (unpaired) electrons. The van der Waals surface area contributed by atoms with Gasteiger partial charge in [0.15, 0.2) is 0 Å². The molecule has 1 amide bonds. The van der Waals surface area contributed by atoms with Gasteiger partial charge in [-0.15, -0.1) is 0 Å². The average Bonchev–Trinajstić information content (AvgIpc) is 2.76. The Kier molecular flexibility index (Phi) is 3.78. The van der Waals surface area contributed by atoms with Crippen molar-refractivity contribution in [2.75, 3.05) is 4.31 Å². The summed E-state index contributed by atoms with van der Waals surface area (Å²) in [6.45, 7) is 0. The molecule has 0 aliphatic carbocycles. The number of benzene rings is 2. The highest BCUT2D eigenvalue weighted by atomic mass is 32.2. The molecule has 23 heavy (non-hydrogen) atoms. The molecule has 3 rings (SSSR count). The van der Waals surface area contributed by atoms with Crippen LogP contribution in [0.5, 0.6) is 0 Å². The van der Waals surface area contributed by atoms with Crippen molar-refractivity contribution in [2.45, 2.75) is 17.4 Å². The van der Waals surface area contributed by atoms with Gasteiger partial charge in [0.25, 0.3) is 10.0 Å². The second-order valence-electron chi connectivity index (χ2n) is 5.07. The number of amides is 1. The largest absolute Gasteiger partial charge is 0.289 e. The highest BCUT2D eigenvalue weighted by Crippen LogP contribution is 2.44. The number of carbonyl (C=O) groups excluding carboxylic acids is 1. The molecule has 1 unspecified atom stereocenters. The Balaban J connectivity index is 2.15. The molecular formula is C15H13FN2O4S. The molecule has 1 aliphatic heterocycles. The van der Waals surface area contributed by atoms with Gasteiger partial charge in [0.2, 0.25) is 5.91 Å². The molecule has 6 nitrogen and oxygen atoms in total. The zero-order chi connectivity index (χ0) is 16.6. The predicted molar refractivity (Wildman–Crippen MR) is 79.8 cm³/mol. The first-order chi connectivity index (χ1) is 10.9. The van der Waals surface area contributed by atoms with Crippen molar-refractivity contribution in [3.8, 4) is 0 Å². The molecule has 1 heterocycles. The summed E-state index contributed by atoms with van der Waals surface area (Å²) in [5, 5.41) is 8.75. The number of hydrogen-bond donors (Lipinski definition) is 2. The Morgan fingerprint density at radius 2 is 1.83 bits per heavy atom. The van der Waals surface area contributed by atoms with E-state index in [0.717, 1.165) is 16.4 Å². The summed E-state index contributed by atoms with van der Waals surface area (Å²) in [5.41, 5.74) is 2.22. The van der Waals surface area contributed by atoms with Crippen LogP contribution < -0.4 is 9.79 Å². The molecule has 0 saturated carbocycles. The lowest BCUT2D eigenvalue weighted by Crippen LogP contribution is -2.32. The Morgan fingerprint density at radius 1 is 1.17 bits per heavy atom. The minimum atomic E-state index is -3.87. The second kappa shape index (κ2) is 5.64. The molecule has 1 aliphatic rings. The fraction of sp³-hybridized carbons (Fsp3) is 0.133. The van der Waals surface area contributed by atoms with E-state index < -0.39 is 27.8 Å². The van der Waals surface area contributed by atoms with Gasteiger partial charge in [-0.05, 0) is 35.9 Å². The van der Waals surface area contributed by atoms with Crippen molar-refractivity contribution < 1.29 is 22.8 Å². The van der Waals surface area contributed by atoms with E-state index in [9.17, 15) is 17.6 Å². The summed E-state index contributed by atoms with van der Waals surface area (Å²) in [5.74, 6) is -1.21. The topological polar surface area (TPSA) is 86.7 Å². The van der Waals surface area contributed by atoms with Crippen LogP contribution in [0.15, 0.2) is 53.4 Å². The molecule has 2 aromatic rings. The molecule has 0 fully saturated rings. The van der Waals surface area contributed by atoms with Crippen molar-refractivity contribution in [2.24, 2.45) is 0 Å². The fourth-order valence-corrected chi connectivity index (χ4v) is 4.60. The van der Waals surface area contributed by atoms with Crippen molar-refractivity contribution in [1.82, 2.24) is 5.48 Å². The molecule has 0 aromatic heterocycles. The third-order valence-electron chi connectivity index (χ3n) is 3.68. The van der Waals surface area contributed by atoms with E-state index in [0.29, 0.717) is 5.56 Å². The predicted octanol–water partition coefficient (Wildman–Crippen LogP) is 1.97. The summed E-state index contributed by atoms with van der Waals surface area (Å²) < 4.78 is 39.8. The molecule has 2 aromatic carbocycles. The molecular weight excluding hydrogens is 323 g/mol. The van der Waals surface area contributed by atoms with Crippen LogP contribution >= 0.6 is 0 Å². The zero-order valence-electron chi connectivity index (χ0n) is 11.8. The van der Waals surface area contributed by atoms with Crippen LogP contribution in [0.4, 0.5) is 10.1 Å². The lowest BCUT2D eigenvalue weighted by molar-refractivity contribution is -0.129. The number of nitrogens with zero attached hydrogens (tertiary/aromatic N) is 1. The zero-order valence-corrected chi connectivity index (χ0v) is 12.6. The van der Waals surface area contributed by atoms with Gasteiger partial charge in [0.05, 0.1) is 23.0 Å². The number of halogens is 1. The first-order valence-electron chi connectivity index (χ1n) is 6.77. The van der Waals surface area contributed by atoms with Crippen LogP contribution in [-0.4, -0.2) is 19.5 Å². The number of hydroxylamine groups is 1. The number of nitrogens with one attached hydrogen (secondary N) is 1. The Morgan fingerprint density at radius 3 is 2.48 bits per heavy atom. The van der Waals surface area contributed by atoms with Crippen LogP contribution in [-0.2, 0) is 14.8 Å². The maximum Gasteiger partial charge on any atom is 0.265 e. The van der Waals surface area contributed by atoms with E-state index >= 15 is 0 Å². The van der Waals surface area contributed by atoms with Crippen LogP contribution in [0.1, 0.15) is 18.0 Å². The van der Waals surface area contributed by atoms with Crippen LogP contribution in [0.2, 0.25) is 0 Å². The maximum atomic E-state index is 13.1. The molecule has 120 valence electrons. The normalized spacial score (nSPS) is 18.5. The molecule has 1 atom stereocenters. The number of anilines is 1. The van der Waals surface area contributed by atoms with E-state index in [-0.39, 0.29) is 17.0 Å². The van der Waals surface area contributed by atoms with Gasteiger partial charge in [0.1, 0.15) is 5.82 Å². The Hall–Kier alpha value is -2.45. The number of fused-ring (bicyclic) bond motifs is 1. The highest BCUT2D eigenvalue weighted by Gasteiger charge is 2.43. The highest BCUT2D eigenvalue weighted by molar-refractivity contribution is 7.93. The second-order valence-corrected chi connectivity index (χ2v) is 6.85. The summed E-state index contributed by atoms with van der Waals surface area (Å²) in [7, 11) is -3.87. The van der Waals surface area contributed by atoms with Crippen LogP contribution in [0.3, 0.4) is 0 Å². The Labute approximate surface area is 132 Å². The van der Waals surface area contributed by atoms with E-state index in [2.05, 4.69) is 0 Å². The van der Waals surface area contributed by atoms with Gasteiger partial charge in [-0.1, -0.05) is 18.2 Å². The van der Waals surface area contributed by atoms with E-state index in [4.69, 9.17) is 5.21 Å². The molecule has 0 spiro atoms. The first kappa shape index (κ1) is 15.4. The van der Waals surface area contributed by atoms with Crippen LogP contribution in [0.25, 0.3) is 0 Å². The van der Waals surface area contributed by atoms with Gasteiger partial charge in [-0.2, -0.15) is 0 Å². The quantitative estimate of drug-likeness (QED) is 0.663. The summed E-state index contributed by atoms with van der Waals surface area (Å²) >= 11 is 0. The monoisotopic (exact) mass is 336 g/mol. The van der Waals surface area contributed by atoms with E-state index in [1.54, 1.807) is 18.2 Å². The van der Waals surface area contributed by atoms with Crippen LogP contribution in [0, 0.1) is 5.82 Å². The van der Waals surface area contributed by atoms with Crippen molar-refractivity contribution >= 4 is 21.6 Å². The van der Waals surface area contributed by atoms with Gasteiger partial charge in [0, 0.05) is 0 Å². The summed E-state index contributed by atoms with van der Waals surface area (Å²) in [4.78, 5) is 11.7.